The summed E-state index contributed by atoms with van der Waals surface area (Å²) in [6, 6.07) is 11.9. The largest absolute Gasteiger partial charge is 0.339 e. The van der Waals surface area contributed by atoms with Crippen molar-refractivity contribution in [2.24, 2.45) is 0 Å². The Labute approximate surface area is 158 Å². The highest BCUT2D eigenvalue weighted by Crippen LogP contribution is 2.28. The molecule has 0 spiro atoms. The zero-order valence-electron chi connectivity index (χ0n) is 15.3. The van der Waals surface area contributed by atoms with Crippen molar-refractivity contribution in [1.82, 2.24) is 18.6 Å². The fourth-order valence-corrected chi connectivity index (χ4v) is 4.36. The number of nitrogens with one attached hydrogen (secondary N) is 1. The molecule has 0 bridgehead atoms. The lowest BCUT2D eigenvalue weighted by Crippen LogP contribution is -2.42. The molecule has 7 nitrogen and oxygen atoms in total. The van der Waals surface area contributed by atoms with Crippen LogP contribution in [0.3, 0.4) is 0 Å². The van der Waals surface area contributed by atoms with Gasteiger partial charge < -0.3 is 5.32 Å². The van der Waals surface area contributed by atoms with E-state index < -0.39 is 10.2 Å². The van der Waals surface area contributed by atoms with Crippen LogP contribution in [-0.4, -0.2) is 47.6 Å². The minimum Gasteiger partial charge on any atom is -0.339 e. The second-order valence-corrected chi connectivity index (χ2v) is 8.86. The summed E-state index contributed by atoms with van der Waals surface area (Å²) in [5.74, 6) is 0.756. The van der Waals surface area contributed by atoms with E-state index >= 15 is 0 Å². The molecule has 0 saturated heterocycles. The number of pyridine rings is 2. The number of hydrogen-bond donors (Lipinski definition) is 1. The highest BCUT2D eigenvalue weighted by atomic mass is 32.2. The summed E-state index contributed by atoms with van der Waals surface area (Å²) in [7, 11) is -0.317. The summed E-state index contributed by atoms with van der Waals surface area (Å²) in [6.45, 7) is 0.785. The van der Waals surface area contributed by atoms with Crippen molar-refractivity contribution in [3.8, 4) is 0 Å². The van der Waals surface area contributed by atoms with Crippen molar-refractivity contribution in [3.63, 3.8) is 0 Å². The number of para-hydroxylation sites is 1. The van der Waals surface area contributed by atoms with Gasteiger partial charge in [0.2, 0.25) is 0 Å². The maximum absolute atomic E-state index is 12.4. The normalized spacial score (nSPS) is 15.1. The minimum atomic E-state index is -3.42. The number of hydrogen-bond acceptors (Lipinski definition) is 5. The number of anilines is 2. The molecule has 0 fully saturated rings. The molecule has 4 rings (SSSR count). The number of rotatable bonds is 4. The predicted octanol–water partition coefficient (Wildman–Crippen LogP) is 2.54. The minimum absolute atomic E-state index is 0.350. The molecular formula is C19H21N5O2S. The first-order chi connectivity index (χ1) is 12.9. The van der Waals surface area contributed by atoms with Crippen LogP contribution in [0.1, 0.15) is 11.1 Å². The summed E-state index contributed by atoms with van der Waals surface area (Å²) >= 11 is 0. The lowest BCUT2D eigenvalue weighted by molar-refractivity contribution is 0.358. The third-order valence-electron chi connectivity index (χ3n) is 4.75. The number of fused-ring (bicyclic) bond motifs is 2. The summed E-state index contributed by atoms with van der Waals surface area (Å²) in [6.07, 6.45) is 4.11. The van der Waals surface area contributed by atoms with Gasteiger partial charge in [0.15, 0.2) is 0 Å². The molecule has 0 amide bonds. The van der Waals surface area contributed by atoms with Crippen LogP contribution in [0.15, 0.2) is 48.8 Å². The van der Waals surface area contributed by atoms with Crippen molar-refractivity contribution < 1.29 is 8.42 Å². The molecule has 8 heteroatoms. The van der Waals surface area contributed by atoms with E-state index in [2.05, 4.69) is 15.3 Å². The van der Waals surface area contributed by atoms with E-state index in [1.165, 1.54) is 8.61 Å². The van der Waals surface area contributed by atoms with Crippen LogP contribution >= 0.6 is 0 Å². The molecular weight excluding hydrogens is 362 g/mol. The van der Waals surface area contributed by atoms with Gasteiger partial charge in [-0.05, 0) is 30.2 Å². The van der Waals surface area contributed by atoms with Crippen LogP contribution < -0.4 is 5.32 Å². The summed E-state index contributed by atoms with van der Waals surface area (Å²) in [5.41, 5.74) is 3.82. The molecule has 3 heterocycles. The number of aromatic nitrogens is 2. The molecule has 0 unspecified atom stereocenters. The van der Waals surface area contributed by atoms with Crippen molar-refractivity contribution in [1.29, 1.82) is 0 Å². The van der Waals surface area contributed by atoms with E-state index in [1.807, 2.05) is 36.4 Å². The third-order valence-corrected chi connectivity index (χ3v) is 6.64. The Morgan fingerprint density at radius 2 is 1.96 bits per heavy atom. The van der Waals surface area contributed by atoms with Gasteiger partial charge in [0, 0.05) is 44.3 Å². The van der Waals surface area contributed by atoms with Gasteiger partial charge in [-0.1, -0.05) is 18.2 Å². The molecule has 2 aromatic heterocycles. The van der Waals surface area contributed by atoms with Crippen LogP contribution in [-0.2, 0) is 23.2 Å². The van der Waals surface area contributed by atoms with Gasteiger partial charge in [-0.2, -0.15) is 17.0 Å². The maximum atomic E-state index is 12.4. The quantitative estimate of drug-likeness (QED) is 0.749. The number of nitrogens with zero attached hydrogens (tertiary/aromatic N) is 4. The van der Waals surface area contributed by atoms with Crippen LogP contribution in [0.5, 0.6) is 0 Å². The lowest BCUT2D eigenvalue weighted by Gasteiger charge is -2.30. The van der Waals surface area contributed by atoms with Crippen molar-refractivity contribution in [3.05, 3.63) is 59.9 Å². The van der Waals surface area contributed by atoms with Gasteiger partial charge in [-0.25, -0.2) is 4.98 Å². The highest BCUT2D eigenvalue weighted by Gasteiger charge is 2.29. The van der Waals surface area contributed by atoms with Gasteiger partial charge in [0.05, 0.1) is 17.4 Å². The lowest BCUT2D eigenvalue weighted by atomic mass is 10.0. The Morgan fingerprint density at radius 1 is 1.15 bits per heavy atom. The molecule has 3 aromatic rings. The fraction of sp³-hybridized carbons (Fsp3) is 0.263. The van der Waals surface area contributed by atoms with E-state index in [-0.39, 0.29) is 0 Å². The first-order valence-corrected chi connectivity index (χ1v) is 10.1. The average molecular weight is 383 g/mol. The second kappa shape index (κ2) is 6.88. The van der Waals surface area contributed by atoms with Crippen LogP contribution in [0.4, 0.5) is 11.5 Å². The highest BCUT2D eigenvalue weighted by molar-refractivity contribution is 7.86. The van der Waals surface area contributed by atoms with E-state index in [0.29, 0.717) is 19.5 Å². The summed E-state index contributed by atoms with van der Waals surface area (Å²) in [5, 5.41) is 4.40. The van der Waals surface area contributed by atoms with Gasteiger partial charge in [-0.15, -0.1) is 0 Å². The Morgan fingerprint density at radius 3 is 2.78 bits per heavy atom. The topological polar surface area (TPSA) is 78.4 Å². The van der Waals surface area contributed by atoms with E-state index in [0.717, 1.165) is 33.5 Å². The molecule has 1 aromatic carbocycles. The van der Waals surface area contributed by atoms with E-state index in [4.69, 9.17) is 0 Å². The Bertz CT molecular complexity index is 1100. The van der Waals surface area contributed by atoms with Crippen molar-refractivity contribution in [2.45, 2.75) is 13.0 Å². The monoisotopic (exact) mass is 383 g/mol. The molecule has 27 heavy (non-hydrogen) atoms. The van der Waals surface area contributed by atoms with Gasteiger partial charge in [0.1, 0.15) is 5.82 Å². The molecule has 0 atom stereocenters. The van der Waals surface area contributed by atoms with Crippen LogP contribution in [0.2, 0.25) is 0 Å². The first kappa shape index (κ1) is 17.8. The van der Waals surface area contributed by atoms with Crippen molar-refractivity contribution in [2.75, 3.05) is 26.0 Å². The Kier molecular flexibility index (Phi) is 4.55. The first-order valence-electron chi connectivity index (χ1n) is 8.71. The molecule has 0 saturated carbocycles. The van der Waals surface area contributed by atoms with Gasteiger partial charge in [0.25, 0.3) is 10.2 Å². The zero-order valence-corrected chi connectivity index (χ0v) is 16.1. The molecule has 1 N–H and O–H groups in total. The molecule has 0 radical (unpaired) electrons. The zero-order chi connectivity index (χ0) is 19.0. The fourth-order valence-electron chi connectivity index (χ4n) is 3.28. The molecule has 140 valence electrons. The van der Waals surface area contributed by atoms with E-state index in [9.17, 15) is 8.42 Å². The molecule has 0 aliphatic carbocycles. The number of benzene rings is 1. The standard InChI is InChI=1S/C19H21N5O2S/c1-23(2)27(25,26)24-10-8-17-15(13-24)7-9-20-19(17)22-16-11-14-5-3-4-6-18(14)21-12-16/h3-7,9,11-12H,8,10,13H2,1-2H3,(H,20,22). The van der Waals surface area contributed by atoms with Crippen LogP contribution in [0.25, 0.3) is 10.9 Å². The Hall–Kier alpha value is -2.55. The average Bonchev–Trinajstić information content (AvgIpc) is 2.67. The third kappa shape index (κ3) is 3.39. The molecule has 1 aliphatic rings. The SMILES string of the molecule is CN(C)S(=O)(=O)N1CCc2c(ccnc2Nc2cnc3ccccc3c2)C1. The second-order valence-electron chi connectivity index (χ2n) is 6.71. The van der Waals surface area contributed by atoms with Crippen molar-refractivity contribution >= 4 is 32.6 Å². The van der Waals surface area contributed by atoms with E-state index in [1.54, 1.807) is 26.5 Å². The van der Waals surface area contributed by atoms with Gasteiger partial charge >= 0.3 is 0 Å². The summed E-state index contributed by atoms with van der Waals surface area (Å²) < 4.78 is 27.6. The summed E-state index contributed by atoms with van der Waals surface area (Å²) in [4.78, 5) is 8.94. The Balaban J connectivity index is 1.62. The maximum Gasteiger partial charge on any atom is 0.281 e. The van der Waals surface area contributed by atoms with Gasteiger partial charge in [-0.3, -0.25) is 4.98 Å². The van der Waals surface area contributed by atoms with Crippen LogP contribution in [0, 0.1) is 0 Å². The smallest absolute Gasteiger partial charge is 0.281 e. The predicted molar refractivity (Wildman–Crippen MR) is 106 cm³/mol. The molecule has 1 aliphatic heterocycles.